The van der Waals surface area contributed by atoms with Crippen LogP contribution in [0.25, 0.3) is 0 Å². The van der Waals surface area contributed by atoms with E-state index in [1.54, 1.807) is 34.6 Å². The van der Waals surface area contributed by atoms with Crippen molar-refractivity contribution in [1.29, 1.82) is 0 Å². The highest BCUT2D eigenvalue weighted by Gasteiger charge is 2.42. The molecule has 86 heavy (non-hydrogen) atoms. The second-order valence-corrected chi connectivity index (χ2v) is 21.8. The minimum absolute atomic E-state index is 0.0306. The summed E-state index contributed by atoms with van der Waals surface area (Å²) in [4.78, 5) is 197. The molecule has 31 nitrogen and oxygen atoms in total. The molecule has 12 amide bonds. The molecule has 0 bridgehead atoms. The van der Waals surface area contributed by atoms with Gasteiger partial charge in [0, 0.05) is 32.7 Å². The lowest BCUT2D eigenvalue weighted by molar-refractivity contribution is -0.144. The summed E-state index contributed by atoms with van der Waals surface area (Å²) < 4.78 is 0. The number of phenolic OH excluding ortho intramolecular Hbond substituents is 1. The summed E-state index contributed by atoms with van der Waals surface area (Å²) >= 11 is 0. The van der Waals surface area contributed by atoms with Crippen molar-refractivity contribution in [1.82, 2.24) is 58.1 Å². The Morgan fingerprint density at radius 3 is 1.57 bits per heavy atom. The number of ketones is 1. The van der Waals surface area contributed by atoms with Crippen LogP contribution in [0.1, 0.15) is 119 Å². The zero-order chi connectivity index (χ0) is 65.3. The van der Waals surface area contributed by atoms with Crippen LogP contribution in [0.3, 0.4) is 0 Å². The van der Waals surface area contributed by atoms with Crippen molar-refractivity contribution < 1.29 is 92.3 Å². The van der Waals surface area contributed by atoms with E-state index in [0.29, 0.717) is 12.0 Å². The summed E-state index contributed by atoms with van der Waals surface area (Å²) in [5.74, 6) is -17.0. The zero-order valence-electron chi connectivity index (χ0n) is 49.7. The number of aliphatic carboxylic acids is 2. The van der Waals surface area contributed by atoms with Gasteiger partial charge >= 0.3 is 11.9 Å². The second-order valence-electron chi connectivity index (χ2n) is 21.8. The van der Waals surface area contributed by atoms with Crippen molar-refractivity contribution in [2.45, 2.75) is 181 Å². The Kier molecular flexibility index (Phi) is 30.3. The normalized spacial score (nSPS) is 16.0. The standard InChI is InChI=1S/C55H84N12O19/c1-10-12-33(45(76)54(85)57-24-39(71)64-42(26(2)3)52(83)63-37(25-68)50(81)62-36(49(80)58-29(8)46(56)77)23-31-14-16-32(70)17-15-31)60-51(82)38-13-11-22-67(38)55(86)44(28(6)7)66-53(84)43(27(4)5)65-48(79)35(19-21-41(74)75)61-47(78)34(59-30(9)69)18-20-40(72)73/h14-17,26-29,33-38,42-44,68,70H,10-13,18-25H2,1-9H3,(H2,56,77)(H,57,85)(H,58,80)(H,59,69)(H,60,82)(H,61,78)(H,62,81)(H,63,83)(H,64,71)(H,65,79)(H,66,84)(H,72,73)(H,74,75)/t29-,33-,34-,35-,36-,37-,38?,42-,43-,44-/m0/s1. The molecule has 31 heteroatoms. The average molecular weight is 1220 g/mol. The number of aromatic hydroxyl groups is 1. The number of carbonyl (C=O) groups is 15. The summed E-state index contributed by atoms with van der Waals surface area (Å²) in [7, 11) is 0. The van der Waals surface area contributed by atoms with E-state index in [-0.39, 0.29) is 44.4 Å². The number of primary amides is 1. The monoisotopic (exact) mass is 1220 g/mol. The van der Waals surface area contributed by atoms with E-state index >= 15 is 0 Å². The number of carboxylic acids is 2. The minimum Gasteiger partial charge on any atom is -0.508 e. The number of rotatable bonds is 36. The first-order chi connectivity index (χ1) is 40.2. The number of hydrogen-bond acceptors (Lipinski definition) is 17. The van der Waals surface area contributed by atoms with Crippen molar-refractivity contribution in [2.24, 2.45) is 23.5 Å². The van der Waals surface area contributed by atoms with Crippen LogP contribution in [0, 0.1) is 17.8 Å². The number of carbonyl (C=O) groups excluding carboxylic acids is 13. The predicted octanol–water partition coefficient (Wildman–Crippen LogP) is -4.01. The van der Waals surface area contributed by atoms with E-state index in [1.165, 1.54) is 49.9 Å². The molecule has 0 spiro atoms. The molecule has 1 aliphatic rings. The number of amides is 12. The first-order valence-corrected chi connectivity index (χ1v) is 28.2. The maximum Gasteiger partial charge on any atom is 0.303 e. The molecule has 1 unspecified atom stereocenters. The summed E-state index contributed by atoms with van der Waals surface area (Å²) in [6.07, 6.45) is -1.58. The molecule has 1 fully saturated rings. The molecule has 1 heterocycles. The molecule has 1 aliphatic heterocycles. The number of carboxylic acid groups (broad SMARTS) is 2. The van der Waals surface area contributed by atoms with Gasteiger partial charge in [-0.1, -0.05) is 67.0 Å². The Balaban J connectivity index is 2.18. The van der Waals surface area contributed by atoms with Gasteiger partial charge in [-0.3, -0.25) is 71.9 Å². The molecule has 10 atom stereocenters. The van der Waals surface area contributed by atoms with Gasteiger partial charge in [0.15, 0.2) is 0 Å². The van der Waals surface area contributed by atoms with Crippen LogP contribution < -0.4 is 58.9 Å². The molecule has 1 aromatic carbocycles. The van der Waals surface area contributed by atoms with E-state index in [0.717, 1.165) is 6.92 Å². The number of nitrogens with one attached hydrogen (secondary N) is 10. The number of Topliss-reactive ketones (excluding diaryl/α,β-unsaturated/α-hetero) is 1. The van der Waals surface area contributed by atoms with Gasteiger partial charge in [0.05, 0.1) is 19.2 Å². The molecule has 478 valence electrons. The third-order valence-corrected chi connectivity index (χ3v) is 13.7. The number of nitrogens with zero attached hydrogens (tertiary/aromatic N) is 1. The number of nitrogens with two attached hydrogens (primary N) is 1. The third kappa shape index (κ3) is 24.1. The average Bonchev–Trinajstić information content (AvgIpc) is 2.63. The molecule has 0 saturated carbocycles. The summed E-state index contributed by atoms with van der Waals surface area (Å²) in [6.45, 7) is 11.6. The molecular weight excluding hydrogens is 1130 g/mol. The van der Waals surface area contributed by atoms with Crippen molar-refractivity contribution in [2.75, 3.05) is 19.7 Å². The van der Waals surface area contributed by atoms with Crippen LogP contribution in [0.5, 0.6) is 5.75 Å². The Hall–Kier alpha value is -8.77. The van der Waals surface area contributed by atoms with Crippen molar-refractivity contribution >= 4 is 88.6 Å². The van der Waals surface area contributed by atoms with E-state index in [1.807, 2.05) is 0 Å². The van der Waals surface area contributed by atoms with Gasteiger partial charge < -0.3 is 84.2 Å². The lowest BCUT2D eigenvalue weighted by atomic mass is 9.98. The van der Waals surface area contributed by atoms with Gasteiger partial charge in [-0.2, -0.15) is 0 Å². The highest BCUT2D eigenvalue weighted by atomic mass is 16.4. The smallest absolute Gasteiger partial charge is 0.303 e. The van der Waals surface area contributed by atoms with Crippen molar-refractivity contribution in [3.8, 4) is 5.75 Å². The SMILES string of the molecule is CCC[C@H](NC(=O)C1CCCN1C(=O)[C@@H](NC(=O)[C@@H](NC(=O)[C@H](CCC(=O)O)NC(=O)[C@H](CCC(=O)O)NC(C)=O)C(C)C)C(C)C)C(=O)C(=O)NCC(=O)N[C@H](C(=O)N[C@@H](CO)C(=O)N[C@@H](Cc1ccc(O)cc1)C(=O)N[C@@H](C)C(N)=O)C(C)C. The van der Waals surface area contributed by atoms with E-state index in [9.17, 15) is 87.2 Å². The first-order valence-electron chi connectivity index (χ1n) is 28.2. The van der Waals surface area contributed by atoms with Gasteiger partial charge in [0.2, 0.25) is 70.8 Å². The first kappa shape index (κ1) is 73.3. The van der Waals surface area contributed by atoms with Gasteiger partial charge in [0.1, 0.15) is 60.1 Å². The van der Waals surface area contributed by atoms with E-state index in [2.05, 4.69) is 53.2 Å². The van der Waals surface area contributed by atoms with Crippen LogP contribution in [-0.4, -0.2) is 194 Å². The van der Waals surface area contributed by atoms with Gasteiger partial charge in [0.25, 0.3) is 5.91 Å². The quantitative estimate of drug-likeness (QED) is 0.0285. The predicted molar refractivity (Wildman–Crippen MR) is 303 cm³/mol. The number of benzene rings is 1. The fourth-order valence-corrected chi connectivity index (χ4v) is 8.80. The van der Waals surface area contributed by atoms with E-state index < -0.39 is 199 Å². The van der Waals surface area contributed by atoms with Gasteiger partial charge in [-0.25, -0.2) is 0 Å². The molecular formula is C55H84N12O19. The van der Waals surface area contributed by atoms with Crippen LogP contribution in [0.15, 0.2) is 24.3 Å². The number of aliphatic hydroxyl groups excluding tert-OH is 1. The molecule has 1 saturated heterocycles. The maximum absolute atomic E-state index is 14.3. The van der Waals surface area contributed by atoms with Crippen LogP contribution in [-0.2, 0) is 78.3 Å². The largest absolute Gasteiger partial charge is 0.508 e. The zero-order valence-corrected chi connectivity index (χ0v) is 49.7. The summed E-state index contributed by atoms with van der Waals surface area (Å²) in [5.41, 5.74) is 5.75. The number of hydrogen-bond donors (Lipinski definition) is 15. The molecule has 0 aromatic heterocycles. The number of aliphatic hydroxyl groups is 1. The number of phenols is 1. The lowest BCUT2D eigenvalue weighted by Gasteiger charge is -2.33. The van der Waals surface area contributed by atoms with Crippen LogP contribution >= 0.6 is 0 Å². The van der Waals surface area contributed by atoms with Crippen molar-refractivity contribution in [3.05, 3.63) is 29.8 Å². The minimum atomic E-state index is -1.69. The lowest BCUT2D eigenvalue weighted by Crippen LogP contribution is -2.61. The molecule has 2 rings (SSSR count). The fourth-order valence-electron chi connectivity index (χ4n) is 8.80. The van der Waals surface area contributed by atoms with Crippen LogP contribution in [0.2, 0.25) is 0 Å². The molecule has 1 aromatic rings. The topological polar surface area (TPSA) is 487 Å². The number of likely N-dealkylation sites (tertiary alicyclic amines) is 1. The Labute approximate surface area is 497 Å². The van der Waals surface area contributed by atoms with Gasteiger partial charge in [-0.15, -0.1) is 0 Å². The third-order valence-electron chi connectivity index (χ3n) is 13.7. The highest BCUT2D eigenvalue weighted by molar-refractivity contribution is 6.38. The molecule has 0 aliphatic carbocycles. The Morgan fingerprint density at radius 1 is 0.581 bits per heavy atom. The Bertz CT molecular complexity index is 2630. The molecule has 16 N–H and O–H groups in total. The van der Waals surface area contributed by atoms with Gasteiger partial charge in [-0.05, 0) is 74.5 Å². The Morgan fingerprint density at radius 2 is 1.06 bits per heavy atom. The maximum atomic E-state index is 14.3. The summed E-state index contributed by atoms with van der Waals surface area (Å²) in [6, 6.07) is -8.37. The van der Waals surface area contributed by atoms with E-state index in [4.69, 9.17) is 10.8 Å². The van der Waals surface area contributed by atoms with Crippen LogP contribution in [0.4, 0.5) is 0 Å². The molecule has 0 radical (unpaired) electrons. The van der Waals surface area contributed by atoms with Crippen molar-refractivity contribution in [3.63, 3.8) is 0 Å². The highest BCUT2D eigenvalue weighted by Crippen LogP contribution is 2.22. The summed E-state index contributed by atoms with van der Waals surface area (Å²) in [5, 5.41) is 62.3. The fraction of sp³-hybridized carbons (Fsp3) is 0.618. The second kappa shape index (κ2) is 35.5.